The number of nitrogens with zero attached hydrogens (tertiary/aromatic N) is 5. The zero-order chi connectivity index (χ0) is 17.2. The van der Waals surface area contributed by atoms with Gasteiger partial charge in [0.25, 0.3) is 5.95 Å². The van der Waals surface area contributed by atoms with Crippen LogP contribution in [0.4, 0.5) is 5.95 Å². The molecule has 0 unspecified atom stereocenters. The van der Waals surface area contributed by atoms with Gasteiger partial charge in [-0.1, -0.05) is 0 Å². The van der Waals surface area contributed by atoms with E-state index < -0.39 is 6.10 Å². The third-order valence-electron chi connectivity index (χ3n) is 4.68. The second-order valence-electron chi connectivity index (χ2n) is 6.75. The van der Waals surface area contributed by atoms with E-state index in [1.807, 2.05) is 4.90 Å². The Kier molecular flexibility index (Phi) is 4.39. The fourth-order valence-electron chi connectivity index (χ4n) is 3.07. The van der Waals surface area contributed by atoms with Crippen molar-refractivity contribution in [1.29, 1.82) is 0 Å². The SMILES string of the molecule is O=C(CCc1cn[nH]c1)N1CCN(c2noc(C3CC3)n2)C[C@H](O)C1. The number of amides is 1. The van der Waals surface area contributed by atoms with Gasteiger partial charge in [-0.2, -0.15) is 10.1 Å². The molecule has 0 spiro atoms. The molecule has 1 saturated heterocycles. The molecule has 2 aromatic rings. The fraction of sp³-hybridized carbons (Fsp3) is 0.625. The number of β-amino-alcohol motifs (C(OH)–C–C–N with tert-alkyl or cyclic N) is 1. The van der Waals surface area contributed by atoms with E-state index in [0.29, 0.717) is 56.8 Å². The number of aromatic nitrogens is 4. The van der Waals surface area contributed by atoms with Gasteiger partial charge in [-0.3, -0.25) is 9.89 Å². The Balaban J connectivity index is 1.35. The van der Waals surface area contributed by atoms with Crippen LogP contribution in [0.2, 0.25) is 0 Å². The molecule has 1 atom stereocenters. The van der Waals surface area contributed by atoms with Crippen molar-refractivity contribution in [3.8, 4) is 0 Å². The fourth-order valence-corrected chi connectivity index (χ4v) is 3.07. The molecule has 1 amide bonds. The van der Waals surface area contributed by atoms with Gasteiger partial charge in [0, 0.05) is 44.7 Å². The Bertz CT molecular complexity index is 711. The minimum Gasteiger partial charge on any atom is -0.389 e. The number of hydrogen-bond acceptors (Lipinski definition) is 7. The summed E-state index contributed by atoms with van der Waals surface area (Å²) in [6.45, 7) is 1.84. The molecule has 2 fully saturated rings. The van der Waals surface area contributed by atoms with Crippen LogP contribution in [0.5, 0.6) is 0 Å². The van der Waals surface area contributed by atoms with Crippen LogP contribution in [0.1, 0.15) is 36.6 Å². The van der Waals surface area contributed by atoms with Gasteiger partial charge in [-0.15, -0.1) is 0 Å². The van der Waals surface area contributed by atoms with E-state index in [2.05, 4.69) is 20.3 Å². The van der Waals surface area contributed by atoms with Gasteiger partial charge in [-0.25, -0.2) is 0 Å². The van der Waals surface area contributed by atoms with E-state index in [-0.39, 0.29) is 5.91 Å². The first-order valence-corrected chi connectivity index (χ1v) is 8.71. The average molecular weight is 346 g/mol. The third kappa shape index (κ3) is 3.81. The molecule has 0 radical (unpaired) electrons. The highest BCUT2D eigenvalue weighted by atomic mass is 16.5. The molecule has 25 heavy (non-hydrogen) atoms. The molecule has 9 heteroatoms. The summed E-state index contributed by atoms with van der Waals surface area (Å²) >= 11 is 0. The normalized spacial score (nSPS) is 21.4. The van der Waals surface area contributed by atoms with E-state index in [1.165, 1.54) is 0 Å². The molecule has 1 aliphatic carbocycles. The number of aromatic amines is 1. The van der Waals surface area contributed by atoms with Gasteiger partial charge in [0.1, 0.15) is 0 Å². The number of nitrogens with one attached hydrogen (secondary N) is 1. The molecular weight excluding hydrogens is 324 g/mol. The summed E-state index contributed by atoms with van der Waals surface area (Å²) in [5.41, 5.74) is 1.00. The molecule has 2 aliphatic rings. The van der Waals surface area contributed by atoms with Crippen molar-refractivity contribution in [1.82, 2.24) is 25.2 Å². The molecule has 0 aromatic carbocycles. The maximum Gasteiger partial charge on any atom is 0.266 e. The van der Waals surface area contributed by atoms with Gasteiger partial charge in [-0.05, 0) is 30.0 Å². The molecule has 9 nitrogen and oxygen atoms in total. The highest BCUT2D eigenvalue weighted by molar-refractivity contribution is 5.76. The summed E-state index contributed by atoms with van der Waals surface area (Å²) in [5.74, 6) is 1.63. The highest BCUT2D eigenvalue weighted by Crippen LogP contribution is 2.39. The summed E-state index contributed by atoms with van der Waals surface area (Å²) in [4.78, 5) is 20.5. The molecule has 134 valence electrons. The van der Waals surface area contributed by atoms with E-state index in [1.54, 1.807) is 17.3 Å². The lowest BCUT2D eigenvalue weighted by Crippen LogP contribution is -2.37. The Labute approximate surface area is 145 Å². The smallest absolute Gasteiger partial charge is 0.266 e. The van der Waals surface area contributed by atoms with Crippen molar-refractivity contribution >= 4 is 11.9 Å². The van der Waals surface area contributed by atoms with Crippen LogP contribution in [-0.2, 0) is 11.2 Å². The first-order chi connectivity index (χ1) is 12.2. The molecule has 1 saturated carbocycles. The summed E-state index contributed by atoms with van der Waals surface area (Å²) in [5, 5.41) is 20.9. The lowest BCUT2D eigenvalue weighted by Gasteiger charge is -2.21. The summed E-state index contributed by atoms with van der Waals surface area (Å²) in [7, 11) is 0. The van der Waals surface area contributed by atoms with Crippen LogP contribution in [0.15, 0.2) is 16.9 Å². The van der Waals surface area contributed by atoms with Gasteiger partial charge >= 0.3 is 0 Å². The van der Waals surface area contributed by atoms with E-state index in [9.17, 15) is 9.90 Å². The van der Waals surface area contributed by atoms with Crippen LogP contribution in [0.3, 0.4) is 0 Å². The number of rotatable bonds is 5. The molecular formula is C16H22N6O3. The predicted octanol–water partition coefficient (Wildman–Crippen LogP) is 0.312. The number of aryl methyl sites for hydroxylation is 1. The maximum absolute atomic E-state index is 12.5. The lowest BCUT2D eigenvalue weighted by molar-refractivity contribution is -0.132. The minimum absolute atomic E-state index is 0.0360. The Morgan fingerprint density at radius 1 is 1.36 bits per heavy atom. The maximum atomic E-state index is 12.5. The van der Waals surface area contributed by atoms with Gasteiger partial charge in [0.05, 0.1) is 12.3 Å². The summed E-state index contributed by atoms with van der Waals surface area (Å²) in [6, 6.07) is 0. The van der Waals surface area contributed by atoms with Gasteiger partial charge in [0.2, 0.25) is 11.8 Å². The first kappa shape index (κ1) is 16.1. The van der Waals surface area contributed by atoms with Gasteiger partial charge in [0.15, 0.2) is 0 Å². The second-order valence-corrected chi connectivity index (χ2v) is 6.75. The van der Waals surface area contributed by atoms with Gasteiger partial charge < -0.3 is 19.4 Å². The van der Waals surface area contributed by atoms with Crippen LogP contribution in [0, 0.1) is 0 Å². The highest BCUT2D eigenvalue weighted by Gasteiger charge is 2.32. The summed E-state index contributed by atoms with van der Waals surface area (Å²) < 4.78 is 5.30. The molecule has 2 N–H and O–H groups in total. The van der Waals surface area contributed by atoms with Crippen LogP contribution in [0.25, 0.3) is 0 Å². The molecule has 0 bridgehead atoms. The number of hydrogen-bond donors (Lipinski definition) is 2. The van der Waals surface area contributed by atoms with Crippen molar-refractivity contribution in [2.24, 2.45) is 0 Å². The lowest BCUT2D eigenvalue weighted by atomic mass is 10.2. The Morgan fingerprint density at radius 3 is 3.00 bits per heavy atom. The second kappa shape index (κ2) is 6.83. The predicted molar refractivity (Wildman–Crippen MR) is 88.0 cm³/mol. The van der Waals surface area contributed by atoms with E-state index in [4.69, 9.17) is 4.52 Å². The number of aliphatic hydroxyl groups is 1. The zero-order valence-electron chi connectivity index (χ0n) is 14.0. The monoisotopic (exact) mass is 346 g/mol. The quantitative estimate of drug-likeness (QED) is 0.801. The number of aliphatic hydroxyl groups excluding tert-OH is 1. The third-order valence-corrected chi connectivity index (χ3v) is 4.68. The molecule has 3 heterocycles. The Hall–Kier alpha value is -2.42. The minimum atomic E-state index is -0.636. The number of H-pyrrole nitrogens is 1. The zero-order valence-corrected chi connectivity index (χ0v) is 14.0. The number of carbonyl (C=O) groups is 1. The standard InChI is InChI=1S/C16H22N6O3/c23-13-9-21(14(24)4-1-11-7-17-18-8-11)5-6-22(10-13)16-19-15(25-20-16)12-2-3-12/h7-8,12-13,23H,1-6,9-10H2,(H,17,18)/t13-/m1/s1. The number of anilines is 1. The van der Waals surface area contributed by atoms with Crippen molar-refractivity contribution in [2.45, 2.75) is 37.7 Å². The van der Waals surface area contributed by atoms with E-state index >= 15 is 0 Å². The number of carbonyl (C=O) groups excluding carboxylic acids is 1. The van der Waals surface area contributed by atoms with Crippen molar-refractivity contribution < 1.29 is 14.4 Å². The van der Waals surface area contributed by atoms with Crippen LogP contribution in [-0.4, -0.2) is 68.5 Å². The van der Waals surface area contributed by atoms with Crippen molar-refractivity contribution in [3.05, 3.63) is 23.8 Å². The largest absolute Gasteiger partial charge is 0.389 e. The Morgan fingerprint density at radius 2 is 2.24 bits per heavy atom. The summed E-state index contributed by atoms with van der Waals surface area (Å²) in [6.07, 6.45) is 6.12. The van der Waals surface area contributed by atoms with Crippen LogP contribution >= 0.6 is 0 Å². The van der Waals surface area contributed by atoms with E-state index in [0.717, 1.165) is 18.4 Å². The molecule has 1 aliphatic heterocycles. The first-order valence-electron chi connectivity index (χ1n) is 8.71. The topological polar surface area (TPSA) is 111 Å². The molecule has 4 rings (SSSR count). The van der Waals surface area contributed by atoms with Crippen LogP contribution < -0.4 is 4.90 Å². The average Bonchev–Trinajstić information content (AvgIpc) is 3.17. The van der Waals surface area contributed by atoms with Crippen molar-refractivity contribution in [2.75, 3.05) is 31.1 Å². The van der Waals surface area contributed by atoms with Crippen molar-refractivity contribution in [3.63, 3.8) is 0 Å². The molecule has 2 aromatic heterocycles.